The molecule has 0 spiro atoms. The molecule has 6 fully saturated rings. The number of aromatic nitrogens is 18. The lowest BCUT2D eigenvalue weighted by Crippen LogP contribution is -2.33. The number of nitrogens with two attached hydrogens (primary N) is 3. The fourth-order valence-electron chi connectivity index (χ4n) is 14.5. The minimum Gasteiger partial charge on any atom is -0.382 e. The average molecular weight is 1980 g/mol. The molecule has 680 valence electrons. The van der Waals surface area contributed by atoms with Crippen LogP contribution in [0.4, 0.5) is 17.6 Å². The van der Waals surface area contributed by atoms with Gasteiger partial charge in [-0.2, -0.15) is 4.98 Å². The molecule has 6 aliphatic heterocycles. The van der Waals surface area contributed by atoms with Crippen molar-refractivity contribution < 1.29 is 110 Å². The third kappa shape index (κ3) is 21.3. The van der Waals surface area contributed by atoms with E-state index in [9.17, 15) is 61.0 Å². The summed E-state index contributed by atoms with van der Waals surface area (Å²) in [6.45, 7) is -25.4. The number of fused-ring (bicyclic) bond motifs is 3. The van der Waals surface area contributed by atoms with Crippen LogP contribution >= 0.6 is 114 Å². The lowest BCUT2D eigenvalue weighted by molar-refractivity contribution is -0.0525. The number of anilines is 3. The van der Waals surface area contributed by atoms with Crippen LogP contribution in [0.25, 0.3) is 33.5 Å². The van der Waals surface area contributed by atoms with E-state index in [4.69, 9.17) is 99.9 Å². The summed E-state index contributed by atoms with van der Waals surface area (Å²) in [4.78, 5) is 132. The molecular weight excluding hydrogens is 1900 g/mol. The van der Waals surface area contributed by atoms with Gasteiger partial charge in [0.25, 0.3) is 22.2 Å². The Morgan fingerprint density at radius 3 is 0.984 bits per heavy atom. The predicted molar refractivity (Wildman–Crippen MR) is 453 cm³/mol. The second-order valence-electron chi connectivity index (χ2n) is 29.1. The van der Waals surface area contributed by atoms with Crippen LogP contribution in [-0.2, 0) is 110 Å². The summed E-state index contributed by atoms with van der Waals surface area (Å²) < 4.78 is 202. The molecule has 6 saturated heterocycles. The molecule has 0 saturated carbocycles. The van der Waals surface area contributed by atoms with E-state index < -0.39 is 230 Å². The van der Waals surface area contributed by atoms with Crippen molar-refractivity contribution >= 4 is 165 Å². The molecule has 9 aromatic rings. The molecule has 0 aromatic carbocycles. The second-order valence-corrected chi connectivity index (χ2v) is 46.4. The summed E-state index contributed by atoms with van der Waals surface area (Å²) in [5.41, 5.74) is 13.8. The monoisotopic (exact) mass is 1980 g/mol. The molecule has 52 nitrogen and oxygen atoms in total. The Balaban J connectivity index is 0.643. The standard InChI is InChI=1S/C61H79N21O31P6S6/c1-25-12-77(59(87)74-54(25)83)40-6-29(28(4)102-40)108-115(91,121)97-17-37-32(9-43(105-37)80-22-69-46-49(62)65-20-67-51(46)80)111-119(95,125)100-18-38-33(10-44(106-38)81-23-70-47-50(63)66-21-68-52(47)81)112-118(94,124)99-16-36-31(8-42(104-36)79-14-27(3)56(85)76-61(79)89)110-116(92,122)101-19-39-34(11-45(107-39)82-24-71-48-53(82)72-58(64)73-57(48)86)113-117(93,123)98-15-35-30(109-114(90,120)96-5)7-41(103-35)78-13-26(2)55(84)75-60(78)88/h12-14,20-24,28-45H,6-11,15-19H2,1-5H3,(H,90,120)(H,91,121)(H,92,122)(H,93,123)(H,94,124)(H,95,125)(H2,62,65,67)(H2,63,66,68)(H,74,83,87)(H,75,84,88)(H,76,85,89)(H3,64,72,73,86)/t28-,29?,30?,31?,32?,33?,34?,35-,36-,37-,38-,39-,40-,41-,42-,43-,44-,45-,114?,115?,116?,117?,118?,119?/m1/s1. The number of thiol groups is 6. The first kappa shape index (κ1) is 93.3. The molecule has 64 heteroatoms. The maximum Gasteiger partial charge on any atom is 0.386 e. The number of nitrogen functional groups attached to an aromatic ring is 3. The number of aryl methyl sites for hydroxylation is 3. The van der Waals surface area contributed by atoms with Gasteiger partial charge in [-0.3, -0.25) is 116 Å². The quantitative estimate of drug-likeness (QED) is 0.0183. The smallest absolute Gasteiger partial charge is 0.382 e. The van der Waals surface area contributed by atoms with E-state index in [1.165, 1.54) is 84.7 Å². The Morgan fingerprint density at radius 2 is 0.656 bits per heavy atom. The summed E-state index contributed by atoms with van der Waals surface area (Å²) in [6, 6.07) is 0. The van der Waals surface area contributed by atoms with Crippen LogP contribution in [0.1, 0.15) is 99.5 Å². The van der Waals surface area contributed by atoms with Crippen LogP contribution in [0, 0.1) is 20.8 Å². The summed E-state index contributed by atoms with van der Waals surface area (Å²) in [7, 11) is 1.06. The van der Waals surface area contributed by atoms with E-state index in [1.807, 2.05) is 0 Å². The van der Waals surface area contributed by atoms with Gasteiger partial charge < -0.3 is 50.1 Å². The van der Waals surface area contributed by atoms with Crippen LogP contribution in [0.15, 0.2) is 83.8 Å². The number of nitrogens with one attached hydrogen (secondary N) is 4. The number of hydrogen-bond donors (Lipinski definition) is 13. The molecule has 10 N–H and O–H groups in total. The zero-order chi connectivity index (χ0) is 89.5. The summed E-state index contributed by atoms with van der Waals surface area (Å²) >= 11 is 25.6. The van der Waals surface area contributed by atoms with E-state index in [0.29, 0.717) is 0 Å². The molecule has 9 aromatic heterocycles. The molecule has 12 unspecified atom stereocenters. The first-order chi connectivity index (χ1) is 58.9. The van der Waals surface area contributed by atoms with Crippen molar-refractivity contribution in [3.05, 3.63) is 140 Å². The van der Waals surface area contributed by atoms with Gasteiger partial charge in [0.05, 0.1) is 64.2 Å². The van der Waals surface area contributed by atoms with Gasteiger partial charge in [-0.25, -0.2) is 76.7 Å². The first-order valence-electron chi connectivity index (χ1n) is 37.3. The van der Waals surface area contributed by atoms with E-state index in [2.05, 4.69) is 133 Å². The van der Waals surface area contributed by atoms with Crippen molar-refractivity contribution in [3.8, 4) is 0 Å². The SMILES string of the molecule is COP(=O)(S)OC1C[C@H](n2cc(C)c(=O)[nH]c2=O)O[C@@H]1COP(=O)(S)OC1C[C@H](n2cnc3c(=O)[nH]c(N)nc32)O[C@@H]1COP(=O)(S)OC1C[C@H](n2cc(C)c(=O)[nH]c2=O)O[C@@H]1COP(=O)(S)OC1C[C@H](n2cnc3c(N)ncnc32)O[C@@H]1COP(=O)(S)OC1C[C@H](n2cnc3c(N)ncnc32)O[C@@H]1COP(=O)(S)OC1C[C@H](n2cc(C)c(=O)[nH]c2=O)O[C@@H]1C. The van der Waals surface area contributed by atoms with Crippen molar-refractivity contribution in [1.29, 1.82) is 0 Å². The maximum absolute atomic E-state index is 15.0. The Hall–Kier alpha value is -6.35. The molecule has 0 aliphatic carbocycles. The van der Waals surface area contributed by atoms with E-state index in [1.54, 1.807) is 6.92 Å². The van der Waals surface area contributed by atoms with E-state index in [-0.39, 0.29) is 99.9 Å². The highest BCUT2D eigenvalue weighted by Gasteiger charge is 2.51. The highest BCUT2D eigenvalue weighted by molar-refractivity contribution is 8.46. The fourth-order valence-corrected chi connectivity index (χ4v) is 23.2. The second kappa shape index (κ2) is 37.1. The van der Waals surface area contributed by atoms with Gasteiger partial charge in [0.15, 0.2) is 34.1 Å². The molecule has 125 heavy (non-hydrogen) atoms. The number of aromatic amines is 4. The van der Waals surface area contributed by atoms with Crippen LogP contribution in [0.2, 0.25) is 0 Å². The number of rotatable bonds is 34. The number of ether oxygens (including phenoxy) is 6. The zero-order valence-electron chi connectivity index (χ0n) is 65.3. The van der Waals surface area contributed by atoms with Crippen molar-refractivity contribution in [3.63, 3.8) is 0 Å². The van der Waals surface area contributed by atoms with Gasteiger partial charge >= 0.3 is 57.9 Å². The predicted octanol–water partition coefficient (Wildman–Crippen LogP) is 5.13. The molecular formula is C61H79N21O31P6S6. The van der Waals surface area contributed by atoms with Gasteiger partial charge in [0, 0.05) is 80.9 Å². The number of nitrogens with zero attached hydrogens (tertiary/aromatic N) is 14. The first-order valence-corrected chi connectivity index (χ1v) is 53.4. The molecule has 0 amide bonds. The largest absolute Gasteiger partial charge is 0.386 e. The lowest BCUT2D eigenvalue weighted by atomic mass is 10.2. The van der Waals surface area contributed by atoms with Gasteiger partial charge in [0.1, 0.15) is 122 Å². The van der Waals surface area contributed by atoms with Crippen molar-refractivity contribution in [2.75, 3.05) is 57.3 Å². The molecule has 6 aliphatic rings. The Morgan fingerprint density at radius 1 is 0.376 bits per heavy atom. The normalized spacial score (nSPS) is 29.5. The number of imidazole rings is 3. The van der Waals surface area contributed by atoms with Crippen LogP contribution in [0.5, 0.6) is 0 Å². The van der Waals surface area contributed by atoms with Gasteiger partial charge in [-0.1, -0.05) is 73.5 Å². The van der Waals surface area contributed by atoms with Crippen molar-refractivity contribution in [2.45, 2.75) is 177 Å². The van der Waals surface area contributed by atoms with Gasteiger partial charge in [-0.15, -0.1) is 0 Å². The van der Waals surface area contributed by atoms with Crippen LogP contribution < -0.4 is 56.5 Å². The van der Waals surface area contributed by atoms with Crippen LogP contribution in [0.3, 0.4) is 0 Å². The lowest BCUT2D eigenvalue weighted by Gasteiger charge is -2.27. The van der Waals surface area contributed by atoms with Crippen LogP contribution in [-0.4, -0.2) is 201 Å². The minimum atomic E-state index is -4.85. The summed E-state index contributed by atoms with van der Waals surface area (Å²) in [5, 5.41) is 0. The van der Waals surface area contributed by atoms with E-state index in [0.717, 1.165) is 20.8 Å². The van der Waals surface area contributed by atoms with Gasteiger partial charge in [-0.05, 0) is 27.7 Å². The average Bonchev–Trinajstić information content (AvgIpc) is 1.63. The van der Waals surface area contributed by atoms with Crippen molar-refractivity contribution in [2.24, 2.45) is 0 Å². The summed E-state index contributed by atoms with van der Waals surface area (Å²) in [5.74, 6) is -0.283. The Kier molecular flexibility index (Phi) is 27.7. The van der Waals surface area contributed by atoms with E-state index >= 15 is 0 Å². The van der Waals surface area contributed by atoms with Crippen molar-refractivity contribution in [1.82, 2.24) is 87.2 Å². The highest BCUT2D eigenvalue weighted by Crippen LogP contribution is 2.64. The Bertz CT molecular complexity index is 6380. The number of H-pyrrole nitrogens is 4. The highest BCUT2D eigenvalue weighted by atomic mass is 32.7. The third-order valence-corrected chi connectivity index (χ3v) is 30.6. The fraction of sp³-hybridized carbons (Fsp3) is 0.557. The third-order valence-electron chi connectivity index (χ3n) is 20.6. The maximum atomic E-state index is 15.0. The molecule has 0 radical (unpaired) electrons. The zero-order valence-corrected chi connectivity index (χ0v) is 76.0. The topological polar surface area (TPSA) is 662 Å². The molecule has 24 atom stereocenters. The number of hydrogen-bond acceptors (Lipinski definition) is 42. The Labute approximate surface area is 732 Å². The summed E-state index contributed by atoms with van der Waals surface area (Å²) in [6.07, 6.45) is -14.2. The minimum absolute atomic E-state index is 0.00450. The molecule has 0 bridgehead atoms. The molecule has 15 rings (SSSR count). The molecule has 15 heterocycles. The van der Waals surface area contributed by atoms with Gasteiger partial charge in [0.2, 0.25) is 5.95 Å².